The first-order valence-corrected chi connectivity index (χ1v) is 6.92. The Balaban J connectivity index is 2.21. The number of piperazine rings is 1. The smallest absolute Gasteiger partial charge is 0.306 e. The third-order valence-corrected chi connectivity index (χ3v) is 3.29. The summed E-state index contributed by atoms with van der Waals surface area (Å²) in [5.41, 5.74) is 0. The molecule has 1 aliphatic rings. The van der Waals surface area contributed by atoms with E-state index in [2.05, 4.69) is 25.6 Å². The van der Waals surface area contributed by atoms with Gasteiger partial charge in [-0.05, 0) is 0 Å². The first-order chi connectivity index (χ1) is 8.17. The molecule has 0 radical (unpaired) electrons. The predicted molar refractivity (Wildman–Crippen MR) is 68.1 cm³/mol. The summed E-state index contributed by atoms with van der Waals surface area (Å²) in [6, 6.07) is 0. The Morgan fingerprint density at radius 1 is 1.18 bits per heavy atom. The summed E-state index contributed by atoms with van der Waals surface area (Å²) in [6.45, 7) is 3.91. The molecule has 1 rings (SSSR count). The zero-order valence-corrected chi connectivity index (χ0v) is 11.7. The maximum absolute atomic E-state index is 11.6. The molecule has 0 N–H and O–H groups in total. The summed E-state index contributed by atoms with van der Waals surface area (Å²) >= 11 is 3.27. The average molecular weight is 307 g/mol. The highest BCUT2D eigenvalue weighted by Gasteiger charge is 2.20. The number of amides is 1. The van der Waals surface area contributed by atoms with E-state index >= 15 is 0 Å². The molecule has 1 amide bonds. The number of hydrogen-bond donors (Lipinski definition) is 0. The highest BCUT2D eigenvalue weighted by atomic mass is 79.9. The Labute approximate surface area is 110 Å². The van der Waals surface area contributed by atoms with Gasteiger partial charge in [-0.3, -0.25) is 14.5 Å². The first kappa shape index (κ1) is 14.4. The van der Waals surface area contributed by atoms with E-state index in [0.29, 0.717) is 24.7 Å². The van der Waals surface area contributed by atoms with Crippen molar-refractivity contribution in [1.82, 2.24) is 9.80 Å². The lowest BCUT2D eigenvalue weighted by Crippen LogP contribution is -2.49. The second-order valence-electron chi connectivity index (χ2n) is 3.99. The molecule has 0 aliphatic carbocycles. The van der Waals surface area contributed by atoms with Gasteiger partial charge >= 0.3 is 5.97 Å². The number of rotatable bonds is 5. The SMILES string of the molecule is COC(=O)CCN1CCN(C(=O)CCBr)CC1. The summed E-state index contributed by atoms with van der Waals surface area (Å²) < 4.78 is 4.60. The number of carbonyl (C=O) groups is 2. The van der Waals surface area contributed by atoms with Gasteiger partial charge in [0.1, 0.15) is 0 Å². The fraction of sp³-hybridized carbons (Fsp3) is 0.818. The Kier molecular flexibility index (Phi) is 6.50. The number of esters is 1. The highest BCUT2D eigenvalue weighted by Crippen LogP contribution is 2.05. The van der Waals surface area contributed by atoms with Gasteiger partial charge in [0.25, 0.3) is 0 Å². The van der Waals surface area contributed by atoms with Crippen molar-refractivity contribution in [3.05, 3.63) is 0 Å². The van der Waals surface area contributed by atoms with Gasteiger partial charge in [-0.2, -0.15) is 0 Å². The van der Waals surface area contributed by atoms with Crippen LogP contribution in [0.5, 0.6) is 0 Å². The molecule has 0 aromatic carbocycles. The van der Waals surface area contributed by atoms with E-state index in [1.165, 1.54) is 7.11 Å². The van der Waals surface area contributed by atoms with Crippen LogP contribution in [0.4, 0.5) is 0 Å². The molecule has 0 bridgehead atoms. The lowest BCUT2D eigenvalue weighted by molar-refractivity contribution is -0.141. The van der Waals surface area contributed by atoms with E-state index in [0.717, 1.165) is 26.2 Å². The zero-order chi connectivity index (χ0) is 12.7. The molecule has 5 nitrogen and oxygen atoms in total. The molecular formula is C11H19BrN2O3. The Hall–Kier alpha value is -0.620. The molecular weight excluding hydrogens is 288 g/mol. The van der Waals surface area contributed by atoms with Crippen LogP contribution in [0.3, 0.4) is 0 Å². The van der Waals surface area contributed by atoms with Gasteiger partial charge in [0.05, 0.1) is 13.5 Å². The van der Waals surface area contributed by atoms with E-state index < -0.39 is 0 Å². The molecule has 6 heteroatoms. The molecule has 1 aliphatic heterocycles. The van der Waals surface area contributed by atoms with Crippen LogP contribution >= 0.6 is 15.9 Å². The van der Waals surface area contributed by atoms with Crippen molar-refractivity contribution in [2.75, 3.05) is 45.2 Å². The van der Waals surface area contributed by atoms with Crippen LogP contribution in [0.1, 0.15) is 12.8 Å². The predicted octanol–water partition coefficient (Wildman–Crippen LogP) is 0.479. The minimum absolute atomic E-state index is 0.178. The van der Waals surface area contributed by atoms with Gasteiger partial charge in [-0.25, -0.2) is 0 Å². The molecule has 0 aromatic rings. The number of hydrogen-bond acceptors (Lipinski definition) is 4. The summed E-state index contributed by atoms with van der Waals surface area (Å²) in [5, 5.41) is 0.717. The molecule has 0 atom stereocenters. The van der Waals surface area contributed by atoms with Crippen molar-refractivity contribution in [2.24, 2.45) is 0 Å². The van der Waals surface area contributed by atoms with Crippen LogP contribution in [0, 0.1) is 0 Å². The summed E-state index contributed by atoms with van der Waals surface area (Å²) in [6.07, 6.45) is 0.980. The second-order valence-corrected chi connectivity index (χ2v) is 4.78. The van der Waals surface area contributed by atoms with E-state index in [1.54, 1.807) is 0 Å². The maximum atomic E-state index is 11.6. The number of alkyl halides is 1. The van der Waals surface area contributed by atoms with Crippen molar-refractivity contribution in [2.45, 2.75) is 12.8 Å². The van der Waals surface area contributed by atoms with Gasteiger partial charge in [0, 0.05) is 44.5 Å². The van der Waals surface area contributed by atoms with Crippen LogP contribution in [0.25, 0.3) is 0 Å². The molecule has 0 spiro atoms. The van der Waals surface area contributed by atoms with E-state index in [9.17, 15) is 9.59 Å². The average Bonchev–Trinajstić information content (AvgIpc) is 2.36. The Morgan fingerprint density at radius 2 is 1.82 bits per heavy atom. The minimum Gasteiger partial charge on any atom is -0.469 e. The number of ether oxygens (including phenoxy) is 1. The van der Waals surface area contributed by atoms with Crippen LogP contribution in [-0.2, 0) is 14.3 Å². The van der Waals surface area contributed by atoms with Crippen LogP contribution in [0.15, 0.2) is 0 Å². The molecule has 98 valence electrons. The fourth-order valence-electron chi connectivity index (χ4n) is 1.81. The Morgan fingerprint density at radius 3 is 2.35 bits per heavy atom. The van der Waals surface area contributed by atoms with Crippen molar-refractivity contribution in [3.8, 4) is 0 Å². The summed E-state index contributed by atoms with van der Waals surface area (Å²) in [5.74, 6) is 0.0253. The molecule has 1 fully saturated rings. The van der Waals surface area contributed by atoms with Gasteiger partial charge in [-0.1, -0.05) is 15.9 Å². The van der Waals surface area contributed by atoms with Crippen molar-refractivity contribution >= 4 is 27.8 Å². The fourth-order valence-corrected chi connectivity index (χ4v) is 2.15. The Bertz CT molecular complexity index is 265. The number of methoxy groups -OCH3 is 1. The largest absolute Gasteiger partial charge is 0.469 e. The van der Waals surface area contributed by atoms with Crippen molar-refractivity contribution in [1.29, 1.82) is 0 Å². The van der Waals surface area contributed by atoms with Gasteiger partial charge < -0.3 is 9.64 Å². The lowest BCUT2D eigenvalue weighted by atomic mass is 10.2. The molecule has 0 aromatic heterocycles. The normalized spacial score (nSPS) is 16.9. The van der Waals surface area contributed by atoms with E-state index in [1.807, 2.05) is 4.90 Å². The van der Waals surface area contributed by atoms with E-state index in [-0.39, 0.29) is 11.9 Å². The van der Waals surface area contributed by atoms with E-state index in [4.69, 9.17) is 0 Å². The lowest BCUT2D eigenvalue weighted by Gasteiger charge is -2.34. The monoisotopic (exact) mass is 306 g/mol. The minimum atomic E-state index is -0.178. The van der Waals surface area contributed by atoms with Gasteiger partial charge in [-0.15, -0.1) is 0 Å². The van der Waals surface area contributed by atoms with Crippen LogP contribution in [0.2, 0.25) is 0 Å². The first-order valence-electron chi connectivity index (χ1n) is 5.80. The zero-order valence-electron chi connectivity index (χ0n) is 10.2. The second kappa shape index (κ2) is 7.66. The van der Waals surface area contributed by atoms with Crippen molar-refractivity contribution in [3.63, 3.8) is 0 Å². The number of halogens is 1. The third kappa shape index (κ3) is 5.04. The molecule has 1 heterocycles. The van der Waals surface area contributed by atoms with Crippen LogP contribution in [-0.4, -0.2) is 66.8 Å². The molecule has 1 saturated heterocycles. The van der Waals surface area contributed by atoms with Crippen LogP contribution < -0.4 is 0 Å². The number of nitrogens with zero attached hydrogens (tertiary/aromatic N) is 2. The van der Waals surface area contributed by atoms with Crippen molar-refractivity contribution < 1.29 is 14.3 Å². The standard InChI is InChI=1S/C11H19BrN2O3/c1-17-11(16)3-5-13-6-8-14(9-7-13)10(15)2-4-12/h2-9H2,1H3. The third-order valence-electron chi connectivity index (χ3n) is 2.89. The molecule has 17 heavy (non-hydrogen) atoms. The topological polar surface area (TPSA) is 49.9 Å². The summed E-state index contributed by atoms with van der Waals surface area (Å²) in [7, 11) is 1.40. The highest BCUT2D eigenvalue weighted by molar-refractivity contribution is 9.09. The summed E-state index contributed by atoms with van der Waals surface area (Å²) in [4.78, 5) is 26.7. The quantitative estimate of drug-likeness (QED) is 0.547. The number of carbonyl (C=O) groups excluding carboxylic acids is 2. The van der Waals surface area contributed by atoms with Gasteiger partial charge in [0.2, 0.25) is 5.91 Å². The maximum Gasteiger partial charge on any atom is 0.306 e. The molecule has 0 saturated carbocycles. The van der Waals surface area contributed by atoms with Gasteiger partial charge in [0.15, 0.2) is 0 Å². The molecule has 0 unspecified atom stereocenters.